The molecule has 0 saturated carbocycles. The number of esters is 4. The van der Waals surface area contributed by atoms with Crippen LogP contribution < -0.4 is 0 Å². The van der Waals surface area contributed by atoms with Crippen LogP contribution in [0.2, 0.25) is 0 Å². The quantitative estimate of drug-likeness (QED) is 0.0222. The van der Waals surface area contributed by atoms with Crippen molar-refractivity contribution in [3.8, 4) is 0 Å². The third-order valence-electron chi connectivity index (χ3n) is 18.7. The number of hydrogen-bond donors (Lipinski definition) is 3. The summed E-state index contributed by atoms with van der Waals surface area (Å²) in [6.45, 7) is 9.51. The smallest absolute Gasteiger partial charge is 0.462 e. The number of rotatable bonds is 76. The summed E-state index contributed by atoms with van der Waals surface area (Å²) in [4.78, 5) is 72.8. The monoisotopic (exact) mass is 1410 g/mol. The van der Waals surface area contributed by atoms with Gasteiger partial charge >= 0.3 is 39.5 Å². The van der Waals surface area contributed by atoms with Crippen molar-refractivity contribution in [3.05, 3.63) is 0 Å². The molecule has 7 atom stereocenters. The maximum absolute atomic E-state index is 13.1. The van der Waals surface area contributed by atoms with E-state index >= 15 is 0 Å². The second-order valence-corrected chi connectivity index (χ2v) is 31.1. The van der Waals surface area contributed by atoms with Crippen LogP contribution in [0.5, 0.6) is 0 Å². The molecule has 0 aliphatic heterocycles. The van der Waals surface area contributed by atoms with Crippen LogP contribution in [0, 0.1) is 11.8 Å². The highest BCUT2D eigenvalue weighted by molar-refractivity contribution is 7.47. The Balaban J connectivity index is 5.21. The number of phosphoric ester groups is 2. The topological polar surface area (TPSA) is 237 Å². The van der Waals surface area contributed by atoms with Crippen molar-refractivity contribution in [2.24, 2.45) is 11.8 Å². The fourth-order valence-electron chi connectivity index (χ4n) is 11.8. The predicted octanol–water partition coefficient (Wildman–Crippen LogP) is 22.7. The van der Waals surface area contributed by atoms with Gasteiger partial charge in [0.05, 0.1) is 26.4 Å². The van der Waals surface area contributed by atoms with Crippen LogP contribution in [0.4, 0.5) is 0 Å². The van der Waals surface area contributed by atoms with Crippen LogP contribution in [-0.4, -0.2) is 96.7 Å². The van der Waals surface area contributed by atoms with Gasteiger partial charge in [0.1, 0.15) is 19.3 Å². The number of aliphatic hydroxyl groups excluding tert-OH is 1. The third kappa shape index (κ3) is 67.9. The van der Waals surface area contributed by atoms with Gasteiger partial charge in [0.15, 0.2) is 12.2 Å². The molecule has 0 radical (unpaired) electrons. The minimum Gasteiger partial charge on any atom is -0.462 e. The molecule has 17 nitrogen and oxygen atoms in total. The minimum absolute atomic E-state index is 0.102. The molecule has 0 aromatic carbocycles. The lowest BCUT2D eigenvalue weighted by Gasteiger charge is -2.21. The number of ether oxygens (including phenoxy) is 4. The Morgan fingerprint density at radius 1 is 0.292 bits per heavy atom. The van der Waals surface area contributed by atoms with E-state index in [4.69, 9.17) is 37.0 Å². The van der Waals surface area contributed by atoms with E-state index in [0.29, 0.717) is 25.7 Å². The van der Waals surface area contributed by atoms with E-state index in [2.05, 4.69) is 41.5 Å². The fraction of sp³-hybridized carbons (Fsp3) is 0.948. The van der Waals surface area contributed by atoms with Crippen molar-refractivity contribution in [1.82, 2.24) is 0 Å². The molecule has 0 aromatic rings. The molecule has 4 unspecified atom stereocenters. The summed E-state index contributed by atoms with van der Waals surface area (Å²) in [5, 5.41) is 10.6. The zero-order valence-corrected chi connectivity index (χ0v) is 64.5. The van der Waals surface area contributed by atoms with E-state index in [1.165, 1.54) is 212 Å². The van der Waals surface area contributed by atoms with E-state index in [1.54, 1.807) is 0 Å². The van der Waals surface area contributed by atoms with Crippen molar-refractivity contribution >= 4 is 39.5 Å². The van der Waals surface area contributed by atoms with Gasteiger partial charge in [-0.05, 0) is 37.5 Å². The summed E-state index contributed by atoms with van der Waals surface area (Å²) in [6.07, 6.45) is 57.1. The van der Waals surface area contributed by atoms with Crippen LogP contribution in [0.1, 0.15) is 401 Å². The molecular weight excluding hydrogens is 1260 g/mol. The Morgan fingerprint density at radius 2 is 0.500 bits per heavy atom. The van der Waals surface area contributed by atoms with Crippen LogP contribution in [0.3, 0.4) is 0 Å². The summed E-state index contributed by atoms with van der Waals surface area (Å²) in [7, 11) is -9.91. The highest BCUT2D eigenvalue weighted by Gasteiger charge is 2.30. The molecule has 19 heteroatoms. The van der Waals surface area contributed by atoms with Gasteiger partial charge in [-0.1, -0.05) is 350 Å². The van der Waals surface area contributed by atoms with Gasteiger partial charge in [0, 0.05) is 25.7 Å². The Labute approximate surface area is 588 Å². The number of carbonyl (C=O) groups is 4. The molecule has 0 heterocycles. The normalized spacial score (nSPS) is 14.6. The first-order valence-corrected chi connectivity index (χ1v) is 43.1. The first kappa shape index (κ1) is 94.1. The zero-order valence-electron chi connectivity index (χ0n) is 62.7. The lowest BCUT2D eigenvalue weighted by Crippen LogP contribution is -2.30. The van der Waals surface area contributed by atoms with E-state index in [0.717, 1.165) is 108 Å². The Bertz CT molecular complexity index is 1860. The van der Waals surface area contributed by atoms with Gasteiger partial charge in [-0.25, -0.2) is 9.13 Å². The van der Waals surface area contributed by atoms with E-state index in [-0.39, 0.29) is 25.7 Å². The number of carbonyl (C=O) groups excluding carboxylic acids is 4. The van der Waals surface area contributed by atoms with Crippen LogP contribution in [0.15, 0.2) is 0 Å². The van der Waals surface area contributed by atoms with Gasteiger partial charge in [0.25, 0.3) is 0 Å². The third-order valence-corrected chi connectivity index (χ3v) is 20.6. The maximum Gasteiger partial charge on any atom is 0.472 e. The van der Waals surface area contributed by atoms with Crippen molar-refractivity contribution in [2.75, 3.05) is 39.6 Å². The van der Waals surface area contributed by atoms with Gasteiger partial charge < -0.3 is 33.8 Å². The molecule has 3 N–H and O–H groups in total. The van der Waals surface area contributed by atoms with Gasteiger partial charge in [0.2, 0.25) is 0 Å². The molecule has 0 aliphatic carbocycles. The van der Waals surface area contributed by atoms with Gasteiger partial charge in [-0.3, -0.25) is 37.3 Å². The Kier molecular flexibility index (Phi) is 67.4. The molecule has 0 bridgehead atoms. The second-order valence-electron chi connectivity index (χ2n) is 28.2. The van der Waals surface area contributed by atoms with Crippen molar-refractivity contribution in [3.63, 3.8) is 0 Å². The van der Waals surface area contributed by atoms with E-state index in [9.17, 15) is 43.2 Å². The molecular formula is C77H150O17P2. The summed E-state index contributed by atoms with van der Waals surface area (Å²) in [5.74, 6) is -0.668. The summed E-state index contributed by atoms with van der Waals surface area (Å²) in [6, 6.07) is 0. The first-order chi connectivity index (χ1) is 46.4. The molecule has 0 spiro atoms. The molecule has 0 rings (SSSR count). The SMILES string of the molecule is CCCCCCCCCCCCCCCCCCCCCCC(=O)O[C@H](COC(=O)CCCCCCCCCCCCCCCCCC)COP(=O)(O)OC[C@@H](O)COP(=O)(O)OC[C@@H](COC(=O)CCCCCCCCC(C)CC)OC(=O)CCCCCCCCC(C)CC. The first-order valence-electron chi connectivity index (χ1n) is 40.1. The molecule has 0 aromatic heterocycles. The molecule has 0 saturated heterocycles. The molecule has 0 aliphatic rings. The zero-order chi connectivity index (χ0) is 70.7. The average Bonchev–Trinajstić information content (AvgIpc) is 1.16. The molecule has 96 heavy (non-hydrogen) atoms. The number of unbranched alkanes of at least 4 members (excludes halogenated alkanes) is 44. The van der Waals surface area contributed by atoms with Crippen molar-refractivity contribution in [1.29, 1.82) is 0 Å². The van der Waals surface area contributed by atoms with Crippen molar-refractivity contribution < 1.29 is 80.2 Å². The largest absolute Gasteiger partial charge is 0.472 e. The minimum atomic E-state index is -4.96. The highest BCUT2D eigenvalue weighted by atomic mass is 31.2. The van der Waals surface area contributed by atoms with E-state index < -0.39 is 97.5 Å². The van der Waals surface area contributed by atoms with Crippen LogP contribution in [-0.2, 0) is 65.4 Å². The second kappa shape index (κ2) is 68.8. The summed E-state index contributed by atoms with van der Waals surface area (Å²) >= 11 is 0. The lowest BCUT2D eigenvalue weighted by molar-refractivity contribution is -0.161. The summed E-state index contributed by atoms with van der Waals surface area (Å²) in [5.41, 5.74) is 0. The lowest BCUT2D eigenvalue weighted by atomic mass is 10.00. The van der Waals surface area contributed by atoms with Crippen molar-refractivity contribution in [2.45, 2.75) is 419 Å². The van der Waals surface area contributed by atoms with Crippen LogP contribution >= 0.6 is 15.6 Å². The average molecular weight is 1410 g/mol. The highest BCUT2D eigenvalue weighted by Crippen LogP contribution is 2.45. The summed E-state index contributed by atoms with van der Waals surface area (Å²) < 4.78 is 68.5. The number of hydrogen-bond acceptors (Lipinski definition) is 15. The van der Waals surface area contributed by atoms with E-state index in [1.807, 2.05) is 0 Å². The number of aliphatic hydroxyl groups is 1. The molecule has 570 valence electrons. The van der Waals surface area contributed by atoms with Crippen LogP contribution in [0.25, 0.3) is 0 Å². The Hall–Kier alpha value is -1.94. The van der Waals surface area contributed by atoms with Gasteiger partial charge in [-0.15, -0.1) is 0 Å². The maximum atomic E-state index is 13.1. The number of phosphoric acid groups is 2. The van der Waals surface area contributed by atoms with Gasteiger partial charge in [-0.2, -0.15) is 0 Å². The fourth-order valence-corrected chi connectivity index (χ4v) is 13.3. The Morgan fingerprint density at radius 3 is 0.740 bits per heavy atom. The predicted molar refractivity (Wildman–Crippen MR) is 391 cm³/mol. The standard InChI is InChI=1S/C77H150O17P2/c1-7-11-13-15-17-19-21-23-25-27-28-29-30-32-34-36-38-40-49-55-61-76(81)93-72(65-87-74(79)59-53-47-39-37-35-33-31-26-24-22-20-18-16-14-12-8-2)67-91-95(83,84)89-63-71(78)64-90-96(85,86)92-68-73(94-77(82)62-56-50-44-42-46-52-58-70(6)10-4)66-88-75(80)60-54-48-43-41-45-51-57-69(5)9-3/h69-73,78H,7-68H2,1-6H3,(H,83,84)(H,85,86)/t69?,70?,71-,72-,73-/m1/s1. The molecule has 0 amide bonds. The molecule has 0 fully saturated rings.